The molecule has 2 atom stereocenters. The third kappa shape index (κ3) is 3.12. The van der Waals surface area contributed by atoms with Crippen molar-refractivity contribution < 1.29 is 9.59 Å². The highest BCUT2D eigenvalue weighted by Crippen LogP contribution is 2.13. The van der Waals surface area contributed by atoms with Crippen LogP contribution in [-0.4, -0.2) is 36.0 Å². The Morgan fingerprint density at radius 3 is 2.58 bits per heavy atom. The molecule has 3 amide bonds. The third-order valence-electron chi connectivity index (χ3n) is 3.29. The van der Waals surface area contributed by atoms with E-state index >= 15 is 0 Å². The van der Waals surface area contributed by atoms with E-state index in [1.807, 2.05) is 37.3 Å². The van der Waals surface area contributed by atoms with E-state index in [0.29, 0.717) is 13.1 Å². The number of benzene rings is 1. The van der Waals surface area contributed by atoms with Gasteiger partial charge in [-0.1, -0.05) is 30.3 Å². The summed E-state index contributed by atoms with van der Waals surface area (Å²) in [6.45, 7) is 4.77. The molecular formula is C14H19N3O2. The maximum Gasteiger partial charge on any atom is 0.324 e. The normalized spacial score (nSPS) is 18.0. The lowest BCUT2D eigenvalue weighted by Gasteiger charge is -2.22. The zero-order valence-corrected chi connectivity index (χ0v) is 11.2. The molecule has 1 aromatic carbocycles. The molecule has 1 saturated heterocycles. The third-order valence-corrected chi connectivity index (χ3v) is 3.29. The monoisotopic (exact) mass is 261 g/mol. The van der Waals surface area contributed by atoms with Crippen LogP contribution in [0.1, 0.15) is 25.5 Å². The first-order valence-corrected chi connectivity index (χ1v) is 6.50. The van der Waals surface area contributed by atoms with E-state index in [-0.39, 0.29) is 24.0 Å². The number of hydrogen-bond acceptors (Lipinski definition) is 3. The number of nitrogens with one attached hydrogen (secondary N) is 2. The summed E-state index contributed by atoms with van der Waals surface area (Å²) in [7, 11) is 0. The summed E-state index contributed by atoms with van der Waals surface area (Å²) in [5.74, 6) is -0.183. The largest absolute Gasteiger partial charge is 0.336 e. The Labute approximate surface area is 113 Å². The number of nitrogens with zero attached hydrogens (tertiary/aromatic N) is 1. The van der Waals surface area contributed by atoms with Gasteiger partial charge in [0.05, 0.1) is 6.04 Å². The topological polar surface area (TPSA) is 61.4 Å². The number of rotatable bonds is 4. The predicted molar refractivity (Wildman–Crippen MR) is 72.6 cm³/mol. The molecule has 0 bridgehead atoms. The van der Waals surface area contributed by atoms with Gasteiger partial charge in [-0.3, -0.25) is 15.0 Å². The van der Waals surface area contributed by atoms with E-state index in [4.69, 9.17) is 0 Å². The van der Waals surface area contributed by atoms with Crippen molar-refractivity contribution in [2.24, 2.45) is 0 Å². The van der Waals surface area contributed by atoms with Crippen LogP contribution in [-0.2, 0) is 4.79 Å². The lowest BCUT2D eigenvalue weighted by atomic mass is 10.1. The Morgan fingerprint density at radius 1 is 1.32 bits per heavy atom. The van der Waals surface area contributed by atoms with Gasteiger partial charge in [0.15, 0.2) is 0 Å². The lowest BCUT2D eigenvalue weighted by Crippen LogP contribution is -2.46. The molecule has 0 radical (unpaired) electrons. The molecule has 0 spiro atoms. The minimum atomic E-state index is -0.390. The summed E-state index contributed by atoms with van der Waals surface area (Å²) in [6.07, 6.45) is 0. The molecule has 0 aliphatic carbocycles. The molecule has 5 nitrogen and oxygen atoms in total. The van der Waals surface area contributed by atoms with Crippen LogP contribution in [0.15, 0.2) is 30.3 Å². The van der Waals surface area contributed by atoms with E-state index in [1.54, 1.807) is 6.92 Å². The van der Waals surface area contributed by atoms with E-state index < -0.39 is 0 Å². The van der Waals surface area contributed by atoms with Crippen molar-refractivity contribution in [3.8, 4) is 0 Å². The summed E-state index contributed by atoms with van der Waals surface area (Å²) in [5.41, 5.74) is 1.12. The minimum Gasteiger partial charge on any atom is -0.336 e. The van der Waals surface area contributed by atoms with E-state index in [1.165, 1.54) is 4.90 Å². The number of amides is 3. The molecule has 1 aromatic rings. The maximum absolute atomic E-state index is 12.1. The first kappa shape index (κ1) is 13.5. The van der Waals surface area contributed by atoms with Gasteiger partial charge < -0.3 is 5.32 Å². The molecule has 1 aliphatic heterocycles. The highest BCUT2D eigenvalue weighted by Gasteiger charge is 2.30. The Hall–Kier alpha value is -1.88. The molecule has 0 aromatic heterocycles. The molecule has 19 heavy (non-hydrogen) atoms. The van der Waals surface area contributed by atoms with E-state index in [9.17, 15) is 9.59 Å². The van der Waals surface area contributed by atoms with Crippen LogP contribution >= 0.6 is 0 Å². The summed E-state index contributed by atoms with van der Waals surface area (Å²) in [4.78, 5) is 24.8. The molecule has 5 heteroatoms. The lowest BCUT2D eigenvalue weighted by molar-refractivity contribution is -0.129. The Morgan fingerprint density at radius 2 is 2.00 bits per heavy atom. The van der Waals surface area contributed by atoms with Crippen molar-refractivity contribution in [3.63, 3.8) is 0 Å². The van der Waals surface area contributed by atoms with Gasteiger partial charge in [-0.15, -0.1) is 0 Å². The molecule has 2 rings (SSSR count). The second-order valence-corrected chi connectivity index (χ2v) is 4.74. The second-order valence-electron chi connectivity index (χ2n) is 4.74. The summed E-state index contributed by atoms with van der Waals surface area (Å²) < 4.78 is 0. The summed E-state index contributed by atoms with van der Waals surface area (Å²) in [5, 5.41) is 5.85. The molecule has 102 valence electrons. The first-order valence-electron chi connectivity index (χ1n) is 6.50. The van der Waals surface area contributed by atoms with Crippen molar-refractivity contribution in [1.82, 2.24) is 15.5 Å². The standard InChI is InChI=1S/C14H19N3O2/c1-10(12-6-4-3-5-7-12)16-11(2)13(18)17-9-8-15-14(17)19/h3-7,10-11,16H,8-9H2,1-2H3,(H,15,19)/t10-,11-/m1/s1. The van der Waals surface area contributed by atoms with Crippen LogP contribution in [0.25, 0.3) is 0 Å². The van der Waals surface area contributed by atoms with Gasteiger partial charge in [-0.25, -0.2) is 4.79 Å². The number of hydrogen-bond donors (Lipinski definition) is 2. The maximum atomic E-state index is 12.1. The van der Waals surface area contributed by atoms with Gasteiger partial charge in [0, 0.05) is 19.1 Å². The number of imide groups is 1. The Kier molecular flexibility index (Phi) is 4.16. The molecule has 0 saturated carbocycles. The van der Waals surface area contributed by atoms with Crippen LogP contribution in [0, 0.1) is 0 Å². The smallest absolute Gasteiger partial charge is 0.324 e. The van der Waals surface area contributed by atoms with Crippen LogP contribution < -0.4 is 10.6 Å². The van der Waals surface area contributed by atoms with Crippen LogP contribution in [0.4, 0.5) is 4.79 Å². The van der Waals surface area contributed by atoms with Crippen LogP contribution in [0.5, 0.6) is 0 Å². The van der Waals surface area contributed by atoms with Crippen molar-refractivity contribution >= 4 is 11.9 Å². The van der Waals surface area contributed by atoms with Crippen molar-refractivity contribution in [2.45, 2.75) is 25.9 Å². The van der Waals surface area contributed by atoms with E-state index in [2.05, 4.69) is 10.6 Å². The number of carbonyl (C=O) groups excluding carboxylic acids is 2. The van der Waals surface area contributed by atoms with Gasteiger partial charge in [-0.2, -0.15) is 0 Å². The zero-order valence-electron chi connectivity index (χ0n) is 11.2. The number of urea groups is 1. The molecule has 1 fully saturated rings. The zero-order chi connectivity index (χ0) is 13.8. The fourth-order valence-corrected chi connectivity index (χ4v) is 2.20. The second kappa shape index (κ2) is 5.84. The fraction of sp³-hybridized carbons (Fsp3) is 0.429. The molecule has 0 unspecified atom stereocenters. The Bertz CT molecular complexity index is 461. The van der Waals surface area contributed by atoms with Gasteiger partial charge in [0.2, 0.25) is 5.91 Å². The average Bonchev–Trinajstić information content (AvgIpc) is 2.85. The minimum absolute atomic E-state index is 0.0609. The predicted octanol–water partition coefficient (Wildman–Crippen LogP) is 1.28. The summed E-state index contributed by atoms with van der Waals surface area (Å²) in [6, 6.07) is 9.28. The van der Waals surface area contributed by atoms with Gasteiger partial charge >= 0.3 is 6.03 Å². The Balaban J connectivity index is 1.95. The van der Waals surface area contributed by atoms with E-state index in [0.717, 1.165) is 5.56 Å². The molecule has 2 N–H and O–H groups in total. The van der Waals surface area contributed by atoms with Crippen molar-refractivity contribution in [2.75, 3.05) is 13.1 Å². The fourth-order valence-electron chi connectivity index (χ4n) is 2.20. The van der Waals surface area contributed by atoms with Gasteiger partial charge in [0.1, 0.15) is 0 Å². The molecular weight excluding hydrogens is 242 g/mol. The molecule has 1 aliphatic rings. The van der Waals surface area contributed by atoms with Gasteiger partial charge in [-0.05, 0) is 19.4 Å². The molecule has 1 heterocycles. The SMILES string of the molecule is C[C@@H](N[C@H](C)c1ccccc1)C(=O)N1CCNC1=O. The highest BCUT2D eigenvalue weighted by molar-refractivity contribution is 5.98. The number of carbonyl (C=O) groups is 2. The van der Waals surface area contributed by atoms with Crippen LogP contribution in [0.3, 0.4) is 0 Å². The summed E-state index contributed by atoms with van der Waals surface area (Å²) >= 11 is 0. The quantitative estimate of drug-likeness (QED) is 0.858. The van der Waals surface area contributed by atoms with Crippen LogP contribution in [0.2, 0.25) is 0 Å². The highest BCUT2D eigenvalue weighted by atomic mass is 16.2. The van der Waals surface area contributed by atoms with Gasteiger partial charge in [0.25, 0.3) is 0 Å². The average molecular weight is 261 g/mol. The first-order chi connectivity index (χ1) is 9.09. The van der Waals surface area contributed by atoms with Crippen molar-refractivity contribution in [3.05, 3.63) is 35.9 Å². The van der Waals surface area contributed by atoms with Crippen molar-refractivity contribution in [1.29, 1.82) is 0 Å².